The predicted octanol–water partition coefficient (Wildman–Crippen LogP) is 3.55. The van der Waals surface area contributed by atoms with Crippen molar-refractivity contribution in [3.63, 3.8) is 0 Å². The summed E-state index contributed by atoms with van der Waals surface area (Å²) in [5, 5.41) is 7.91. The molecule has 0 saturated heterocycles. The lowest BCUT2D eigenvalue weighted by molar-refractivity contribution is 0.123. The van der Waals surface area contributed by atoms with Crippen LogP contribution in [0.25, 0.3) is 0 Å². The average molecular weight is 480 g/mol. The summed E-state index contributed by atoms with van der Waals surface area (Å²) >= 11 is 1.81. The summed E-state index contributed by atoms with van der Waals surface area (Å²) in [4.78, 5) is 10.6. The number of nitrogens with zero attached hydrogens (tertiary/aromatic N) is 2. The topological polar surface area (TPSA) is 58.5 Å². The zero-order chi connectivity index (χ0) is 17.2. The molecular formula is C18H33IN4OS. The quantitative estimate of drug-likeness (QED) is 0.220. The van der Waals surface area contributed by atoms with Crippen LogP contribution in [0.1, 0.15) is 48.7 Å². The average Bonchev–Trinajstić information content (AvgIpc) is 3.32. The second kappa shape index (κ2) is 12.9. The van der Waals surface area contributed by atoms with Crippen molar-refractivity contribution >= 4 is 41.3 Å². The standard InChI is InChI=1S/C18H32N4OS.HI/c1-4-16-14(3)24-17(22-16)9-11-21-18(19-5-2)20-10-6-12-23-13-15-7-8-15;/h15H,4-13H2,1-3H3,(H2,19,20,21);1H. The molecule has 5 nitrogen and oxygen atoms in total. The minimum absolute atomic E-state index is 0. The van der Waals surface area contributed by atoms with Gasteiger partial charge in [0.1, 0.15) is 0 Å². The Morgan fingerprint density at radius 3 is 2.76 bits per heavy atom. The monoisotopic (exact) mass is 480 g/mol. The minimum atomic E-state index is 0. The first-order valence-electron chi connectivity index (χ1n) is 9.28. The molecule has 0 spiro atoms. The molecule has 0 radical (unpaired) electrons. The van der Waals surface area contributed by atoms with Crippen LogP contribution in [-0.2, 0) is 17.6 Å². The Bertz CT molecular complexity index is 517. The third-order valence-corrected chi connectivity index (χ3v) is 5.09. The van der Waals surface area contributed by atoms with Gasteiger partial charge in [-0.3, -0.25) is 4.99 Å². The highest BCUT2D eigenvalue weighted by atomic mass is 127. The number of aromatic nitrogens is 1. The van der Waals surface area contributed by atoms with E-state index in [1.807, 2.05) is 11.3 Å². The number of guanidine groups is 1. The molecule has 7 heteroatoms. The molecule has 0 aliphatic heterocycles. The number of aliphatic imine (C=N–C) groups is 1. The predicted molar refractivity (Wildman–Crippen MR) is 117 cm³/mol. The summed E-state index contributed by atoms with van der Waals surface area (Å²) in [5.41, 5.74) is 1.24. The summed E-state index contributed by atoms with van der Waals surface area (Å²) in [7, 11) is 0. The van der Waals surface area contributed by atoms with Crippen LogP contribution in [0, 0.1) is 12.8 Å². The molecule has 0 bridgehead atoms. The summed E-state index contributed by atoms with van der Waals surface area (Å²) in [6, 6.07) is 0. The van der Waals surface area contributed by atoms with Gasteiger partial charge in [-0.25, -0.2) is 4.98 Å². The second-order valence-corrected chi connectivity index (χ2v) is 7.56. The van der Waals surface area contributed by atoms with E-state index >= 15 is 0 Å². The van der Waals surface area contributed by atoms with Gasteiger partial charge in [0.05, 0.1) is 10.7 Å². The highest BCUT2D eigenvalue weighted by Crippen LogP contribution is 2.28. The zero-order valence-electron chi connectivity index (χ0n) is 15.8. The Kier molecular flexibility index (Phi) is 11.6. The zero-order valence-corrected chi connectivity index (χ0v) is 18.9. The Labute approximate surface area is 173 Å². The van der Waals surface area contributed by atoms with E-state index in [0.717, 1.165) is 64.0 Å². The van der Waals surface area contributed by atoms with E-state index in [4.69, 9.17) is 4.74 Å². The highest BCUT2D eigenvalue weighted by Gasteiger charge is 2.20. The van der Waals surface area contributed by atoms with Gasteiger partial charge in [-0.2, -0.15) is 0 Å². The molecule has 1 fully saturated rings. The Morgan fingerprint density at radius 2 is 2.12 bits per heavy atom. The number of hydrogen-bond donors (Lipinski definition) is 2. The van der Waals surface area contributed by atoms with Gasteiger partial charge in [-0.05, 0) is 45.4 Å². The van der Waals surface area contributed by atoms with Gasteiger partial charge < -0.3 is 15.4 Å². The fourth-order valence-electron chi connectivity index (χ4n) is 2.44. The van der Waals surface area contributed by atoms with Gasteiger partial charge >= 0.3 is 0 Å². The molecule has 2 N–H and O–H groups in total. The molecule has 0 aromatic carbocycles. The highest BCUT2D eigenvalue weighted by molar-refractivity contribution is 14.0. The third-order valence-electron chi connectivity index (χ3n) is 4.01. The van der Waals surface area contributed by atoms with Crippen molar-refractivity contribution in [2.24, 2.45) is 10.9 Å². The normalized spacial score (nSPS) is 14.3. The maximum absolute atomic E-state index is 5.65. The number of ether oxygens (including phenoxy) is 1. The molecule has 2 rings (SSSR count). The first-order valence-corrected chi connectivity index (χ1v) is 10.1. The lowest BCUT2D eigenvalue weighted by Crippen LogP contribution is -2.38. The number of rotatable bonds is 11. The van der Waals surface area contributed by atoms with E-state index in [2.05, 4.69) is 41.4 Å². The van der Waals surface area contributed by atoms with Crippen molar-refractivity contribution in [1.29, 1.82) is 0 Å². The summed E-state index contributed by atoms with van der Waals surface area (Å²) in [5.74, 6) is 1.74. The summed E-state index contributed by atoms with van der Waals surface area (Å²) < 4.78 is 5.65. The van der Waals surface area contributed by atoms with Gasteiger partial charge in [0, 0.05) is 44.1 Å². The van der Waals surface area contributed by atoms with E-state index in [9.17, 15) is 0 Å². The summed E-state index contributed by atoms with van der Waals surface area (Å²) in [6.07, 6.45) is 5.65. The fourth-order valence-corrected chi connectivity index (χ4v) is 3.47. The number of aryl methyl sites for hydroxylation is 2. The smallest absolute Gasteiger partial charge is 0.191 e. The Hall–Kier alpha value is -0.410. The van der Waals surface area contributed by atoms with Gasteiger partial charge in [-0.15, -0.1) is 35.3 Å². The molecule has 1 aliphatic rings. The molecule has 1 aliphatic carbocycles. The molecule has 0 unspecified atom stereocenters. The van der Waals surface area contributed by atoms with Gasteiger partial charge in [0.25, 0.3) is 0 Å². The second-order valence-electron chi connectivity index (χ2n) is 6.27. The number of thiazole rings is 1. The van der Waals surface area contributed by atoms with Crippen LogP contribution in [0.2, 0.25) is 0 Å². The maximum Gasteiger partial charge on any atom is 0.191 e. The number of halogens is 1. The first kappa shape index (κ1) is 22.6. The van der Waals surface area contributed by atoms with E-state index < -0.39 is 0 Å². The fraction of sp³-hybridized carbons (Fsp3) is 0.778. The van der Waals surface area contributed by atoms with Crippen molar-refractivity contribution in [2.45, 2.75) is 52.9 Å². The molecule has 1 heterocycles. The maximum atomic E-state index is 5.65. The lowest BCUT2D eigenvalue weighted by Gasteiger charge is -2.10. The van der Waals surface area contributed by atoms with E-state index in [1.165, 1.54) is 28.4 Å². The van der Waals surface area contributed by atoms with Crippen LogP contribution in [-0.4, -0.2) is 43.8 Å². The van der Waals surface area contributed by atoms with E-state index in [1.54, 1.807) is 0 Å². The minimum Gasteiger partial charge on any atom is -0.381 e. The SMILES string of the molecule is CCNC(=NCCCOCC1CC1)NCCc1nc(CC)c(C)s1.I. The van der Waals surface area contributed by atoms with E-state index in [0.29, 0.717) is 0 Å². The van der Waals surface area contributed by atoms with Crippen LogP contribution < -0.4 is 10.6 Å². The molecule has 0 amide bonds. The largest absolute Gasteiger partial charge is 0.381 e. The van der Waals surface area contributed by atoms with Crippen molar-refractivity contribution in [2.75, 3.05) is 32.8 Å². The van der Waals surface area contributed by atoms with Crippen molar-refractivity contribution in [3.8, 4) is 0 Å². The molecule has 1 aromatic rings. The molecule has 25 heavy (non-hydrogen) atoms. The Balaban J connectivity index is 0.00000312. The molecule has 1 saturated carbocycles. The third kappa shape index (κ3) is 9.19. The molecule has 144 valence electrons. The van der Waals surface area contributed by atoms with E-state index in [-0.39, 0.29) is 24.0 Å². The van der Waals surface area contributed by atoms with Crippen LogP contribution in [0.5, 0.6) is 0 Å². The van der Waals surface area contributed by atoms with Crippen LogP contribution >= 0.6 is 35.3 Å². The van der Waals surface area contributed by atoms with Crippen LogP contribution in [0.4, 0.5) is 0 Å². The Morgan fingerprint density at radius 1 is 1.32 bits per heavy atom. The van der Waals surface area contributed by atoms with Crippen molar-refractivity contribution < 1.29 is 4.74 Å². The number of hydrogen-bond acceptors (Lipinski definition) is 4. The van der Waals surface area contributed by atoms with Gasteiger partial charge in [0.15, 0.2) is 5.96 Å². The number of nitrogens with one attached hydrogen (secondary N) is 2. The van der Waals surface area contributed by atoms with Crippen LogP contribution in [0.15, 0.2) is 4.99 Å². The molecular weight excluding hydrogens is 447 g/mol. The van der Waals surface area contributed by atoms with Gasteiger partial charge in [-0.1, -0.05) is 6.92 Å². The first-order chi connectivity index (χ1) is 11.7. The lowest BCUT2D eigenvalue weighted by atomic mass is 10.3. The van der Waals surface area contributed by atoms with Crippen molar-refractivity contribution in [1.82, 2.24) is 15.6 Å². The summed E-state index contributed by atoms with van der Waals surface area (Å²) in [6.45, 7) is 10.7. The van der Waals surface area contributed by atoms with Crippen LogP contribution in [0.3, 0.4) is 0 Å². The molecule has 0 atom stereocenters. The molecule has 1 aromatic heterocycles. The van der Waals surface area contributed by atoms with Crippen molar-refractivity contribution in [3.05, 3.63) is 15.6 Å². The van der Waals surface area contributed by atoms with Gasteiger partial charge in [0.2, 0.25) is 0 Å².